The zero-order valence-electron chi connectivity index (χ0n) is 11.0. The lowest BCUT2D eigenvalue weighted by atomic mass is 10.0. The van der Waals surface area contributed by atoms with E-state index in [1.165, 1.54) is 19.3 Å². The number of carbonyl (C=O) groups is 1. The van der Waals surface area contributed by atoms with E-state index in [9.17, 15) is 13.6 Å². The van der Waals surface area contributed by atoms with Crippen molar-refractivity contribution in [3.05, 3.63) is 29.3 Å². The van der Waals surface area contributed by atoms with Gasteiger partial charge in [-0.25, -0.2) is 0 Å². The molecule has 1 aromatic rings. The maximum Gasteiger partial charge on any atom is 0.387 e. The van der Waals surface area contributed by atoms with Gasteiger partial charge < -0.3 is 9.47 Å². The molecule has 0 bridgehead atoms. The number of alkyl halides is 2. The number of aldehydes is 1. The van der Waals surface area contributed by atoms with Crippen molar-refractivity contribution in [3.8, 4) is 11.5 Å². The fourth-order valence-corrected chi connectivity index (χ4v) is 1.54. The molecule has 0 unspecified atom stereocenters. The Bertz CT molecular complexity index is 468. The number of para-hydroxylation sites is 1. The highest BCUT2D eigenvalue weighted by Crippen LogP contribution is 2.34. The molecule has 0 aliphatic heterocycles. The van der Waals surface area contributed by atoms with E-state index in [0.29, 0.717) is 17.4 Å². The van der Waals surface area contributed by atoms with Crippen LogP contribution in [0.25, 0.3) is 6.08 Å². The third kappa shape index (κ3) is 4.05. The van der Waals surface area contributed by atoms with Crippen LogP contribution in [0.1, 0.15) is 19.4 Å². The van der Waals surface area contributed by atoms with Crippen LogP contribution in [0, 0.1) is 5.92 Å². The van der Waals surface area contributed by atoms with Gasteiger partial charge in [-0.05, 0) is 23.6 Å². The summed E-state index contributed by atoms with van der Waals surface area (Å²) in [6.07, 6.45) is 2.23. The van der Waals surface area contributed by atoms with Crippen molar-refractivity contribution < 1.29 is 23.0 Å². The van der Waals surface area contributed by atoms with Crippen molar-refractivity contribution in [2.45, 2.75) is 20.5 Å². The normalized spacial score (nSPS) is 11.8. The second-order valence-corrected chi connectivity index (χ2v) is 4.17. The van der Waals surface area contributed by atoms with E-state index in [1.807, 2.05) is 13.8 Å². The summed E-state index contributed by atoms with van der Waals surface area (Å²) >= 11 is 0. The van der Waals surface area contributed by atoms with Gasteiger partial charge in [0.05, 0.1) is 7.11 Å². The van der Waals surface area contributed by atoms with Gasteiger partial charge in [0, 0.05) is 5.56 Å². The number of benzene rings is 1. The number of carbonyl (C=O) groups excluding carboxylic acids is 1. The SMILES string of the molecule is COc1cccc(C=C(C=O)C(C)C)c1OC(F)F. The molecule has 0 saturated carbocycles. The first kappa shape index (κ1) is 15.1. The minimum atomic E-state index is -2.96. The summed E-state index contributed by atoms with van der Waals surface area (Å²) in [7, 11) is 1.37. The molecule has 0 aliphatic carbocycles. The van der Waals surface area contributed by atoms with Gasteiger partial charge >= 0.3 is 6.61 Å². The second-order valence-electron chi connectivity index (χ2n) is 4.17. The first-order valence-corrected chi connectivity index (χ1v) is 5.78. The highest BCUT2D eigenvalue weighted by molar-refractivity contribution is 5.83. The highest BCUT2D eigenvalue weighted by atomic mass is 19.3. The molecule has 1 rings (SSSR count). The molecule has 0 fully saturated rings. The van der Waals surface area contributed by atoms with Gasteiger partial charge in [0.25, 0.3) is 0 Å². The monoisotopic (exact) mass is 270 g/mol. The molecule has 1 aromatic carbocycles. The number of halogens is 2. The van der Waals surface area contributed by atoms with Crippen molar-refractivity contribution >= 4 is 12.4 Å². The molecule has 0 saturated heterocycles. The summed E-state index contributed by atoms with van der Waals surface area (Å²) in [6.45, 7) is 0.726. The van der Waals surface area contributed by atoms with Gasteiger partial charge in [0.2, 0.25) is 0 Å². The van der Waals surface area contributed by atoms with Crippen LogP contribution >= 0.6 is 0 Å². The molecule has 0 aliphatic rings. The first-order valence-electron chi connectivity index (χ1n) is 5.78. The van der Waals surface area contributed by atoms with Crippen LogP contribution in [-0.2, 0) is 4.79 Å². The number of hydrogen-bond acceptors (Lipinski definition) is 3. The number of rotatable bonds is 6. The first-order chi connectivity index (χ1) is 8.99. The quantitative estimate of drug-likeness (QED) is 0.586. The molecule has 0 amide bonds. The van der Waals surface area contributed by atoms with Gasteiger partial charge in [-0.3, -0.25) is 4.79 Å². The van der Waals surface area contributed by atoms with Crippen LogP contribution in [0.4, 0.5) is 8.78 Å². The van der Waals surface area contributed by atoms with Gasteiger partial charge in [0.15, 0.2) is 11.5 Å². The average molecular weight is 270 g/mol. The smallest absolute Gasteiger partial charge is 0.387 e. The van der Waals surface area contributed by atoms with Gasteiger partial charge in [-0.15, -0.1) is 0 Å². The predicted molar refractivity (Wildman–Crippen MR) is 68.5 cm³/mol. The Morgan fingerprint density at radius 2 is 2.00 bits per heavy atom. The summed E-state index contributed by atoms with van der Waals surface area (Å²) in [6, 6.07) is 4.75. The lowest BCUT2D eigenvalue weighted by Gasteiger charge is -2.13. The molecule has 19 heavy (non-hydrogen) atoms. The molecule has 104 valence electrons. The van der Waals surface area contributed by atoms with Crippen molar-refractivity contribution in [3.63, 3.8) is 0 Å². The van der Waals surface area contributed by atoms with Crippen molar-refractivity contribution in [2.75, 3.05) is 7.11 Å². The third-order valence-corrected chi connectivity index (χ3v) is 2.56. The lowest BCUT2D eigenvalue weighted by molar-refractivity contribution is -0.105. The molecular weight excluding hydrogens is 254 g/mol. The van der Waals surface area contributed by atoms with E-state index in [2.05, 4.69) is 4.74 Å². The Balaban J connectivity index is 3.29. The van der Waals surface area contributed by atoms with Gasteiger partial charge in [-0.2, -0.15) is 8.78 Å². The third-order valence-electron chi connectivity index (χ3n) is 2.56. The molecule has 0 heterocycles. The Hall–Kier alpha value is -1.91. The second kappa shape index (κ2) is 6.87. The molecule has 3 nitrogen and oxygen atoms in total. The van der Waals surface area contributed by atoms with Crippen LogP contribution < -0.4 is 9.47 Å². The van der Waals surface area contributed by atoms with E-state index >= 15 is 0 Å². The summed E-state index contributed by atoms with van der Waals surface area (Å²) in [5.41, 5.74) is 0.878. The number of ether oxygens (including phenoxy) is 2. The van der Waals surface area contributed by atoms with E-state index in [0.717, 1.165) is 0 Å². The molecule has 0 radical (unpaired) electrons. The number of hydrogen-bond donors (Lipinski definition) is 0. The Morgan fingerprint density at radius 3 is 2.47 bits per heavy atom. The molecule has 5 heteroatoms. The highest BCUT2D eigenvalue weighted by Gasteiger charge is 2.15. The Morgan fingerprint density at radius 1 is 1.32 bits per heavy atom. The topological polar surface area (TPSA) is 35.5 Å². The molecule has 0 N–H and O–H groups in total. The fourth-order valence-electron chi connectivity index (χ4n) is 1.54. The lowest BCUT2D eigenvalue weighted by Crippen LogP contribution is -2.05. The molecule has 0 aromatic heterocycles. The van der Waals surface area contributed by atoms with E-state index in [4.69, 9.17) is 4.74 Å². The van der Waals surface area contributed by atoms with E-state index in [-0.39, 0.29) is 17.4 Å². The summed E-state index contributed by atoms with van der Waals surface area (Å²) in [4.78, 5) is 11.0. The standard InChI is InChI=1S/C14H16F2O3/c1-9(2)11(8-17)7-10-5-4-6-12(18-3)13(10)19-14(15)16/h4-9,14H,1-3H3. The van der Waals surface area contributed by atoms with Crippen LogP contribution in [0.5, 0.6) is 11.5 Å². The average Bonchev–Trinajstić information content (AvgIpc) is 2.36. The zero-order valence-corrected chi connectivity index (χ0v) is 11.0. The molecule has 0 spiro atoms. The van der Waals surface area contributed by atoms with Crippen molar-refractivity contribution in [1.82, 2.24) is 0 Å². The Labute approximate surface area is 110 Å². The van der Waals surface area contributed by atoms with E-state index < -0.39 is 6.61 Å². The minimum absolute atomic E-state index is 0.0110. The van der Waals surface area contributed by atoms with E-state index in [1.54, 1.807) is 12.1 Å². The maximum absolute atomic E-state index is 12.4. The van der Waals surface area contributed by atoms with Crippen LogP contribution in [0.2, 0.25) is 0 Å². The molecule has 0 atom stereocenters. The fraction of sp³-hybridized carbons (Fsp3) is 0.357. The number of methoxy groups -OCH3 is 1. The summed E-state index contributed by atoms with van der Waals surface area (Å²) in [5, 5.41) is 0. The maximum atomic E-state index is 12.4. The predicted octanol–water partition coefficient (Wildman–Crippen LogP) is 3.53. The largest absolute Gasteiger partial charge is 0.493 e. The summed E-state index contributed by atoms with van der Waals surface area (Å²) in [5.74, 6) is 0.117. The molecular formula is C14H16F2O3. The van der Waals surface area contributed by atoms with Gasteiger partial charge in [-0.1, -0.05) is 26.0 Å². The van der Waals surface area contributed by atoms with Gasteiger partial charge in [0.1, 0.15) is 6.29 Å². The van der Waals surface area contributed by atoms with Crippen LogP contribution in [-0.4, -0.2) is 20.0 Å². The number of allylic oxidation sites excluding steroid dienone is 1. The van der Waals surface area contributed by atoms with Crippen LogP contribution in [0.15, 0.2) is 23.8 Å². The van der Waals surface area contributed by atoms with Crippen molar-refractivity contribution in [2.24, 2.45) is 5.92 Å². The minimum Gasteiger partial charge on any atom is -0.493 e. The summed E-state index contributed by atoms with van der Waals surface area (Å²) < 4.78 is 34.3. The van der Waals surface area contributed by atoms with Crippen molar-refractivity contribution in [1.29, 1.82) is 0 Å². The van der Waals surface area contributed by atoms with Crippen LogP contribution in [0.3, 0.4) is 0 Å². The zero-order chi connectivity index (χ0) is 14.4. The Kier molecular flexibility index (Phi) is 5.48.